The van der Waals surface area contributed by atoms with Crippen molar-refractivity contribution in [3.8, 4) is 0 Å². The summed E-state index contributed by atoms with van der Waals surface area (Å²) in [5.41, 5.74) is 1.23. The number of aliphatic hydroxyl groups is 1. The van der Waals surface area contributed by atoms with Gasteiger partial charge in [-0.1, -0.05) is 6.92 Å². The fourth-order valence-corrected chi connectivity index (χ4v) is 3.58. The minimum Gasteiger partial charge on any atom is -0.393 e. The Balaban J connectivity index is 1.88. The highest BCUT2D eigenvalue weighted by Gasteiger charge is 2.29. The summed E-state index contributed by atoms with van der Waals surface area (Å²) in [7, 11) is 0. The van der Waals surface area contributed by atoms with Crippen molar-refractivity contribution >= 4 is 22.1 Å². The molecule has 0 aromatic carbocycles. The zero-order chi connectivity index (χ0) is 14.1. The number of imidazole rings is 1. The van der Waals surface area contributed by atoms with Crippen LogP contribution in [-0.4, -0.2) is 40.2 Å². The van der Waals surface area contributed by atoms with Gasteiger partial charge in [0.05, 0.1) is 11.8 Å². The maximum Gasteiger partial charge on any atom is 0.195 e. The molecule has 6 heteroatoms. The van der Waals surface area contributed by atoms with Crippen molar-refractivity contribution in [2.45, 2.75) is 32.9 Å². The summed E-state index contributed by atoms with van der Waals surface area (Å²) in [5.74, 6) is 1.45. The molecular weight excluding hydrogens is 272 g/mol. The first-order chi connectivity index (χ1) is 9.70. The Kier molecular flexibility index (Phi) is 3.96. The van der Waals surface area contributed by atoms with Gasteiger partial charge in [-0.2, -0.15) is 0 Å². The van der Waals surface area contributed by atoms with Gasteiger partial charge in [0.1, 0.15) is 0 Å². The molecule has 1 saturated heterocycles. The summed E-state index contributed by atoms with van der Waals surface area (Å²) in [5, 5.41) is 15.2. The van der Waals surface area contributed by atoms with E-state index in [0.29, 0.717) is 5.92 Å². The molecule has 2 aromatic rings. The largest absolute Gasteiger partial charge is 0.393 e. The lowest BCUT2D eigenvalue weighted by molar-refractivity contribution is 0.136. The smallest absolute Gasteiger partial charge is 0.195 e. The van der Waals surface area contributed by atoms with Gasteiger partial charge < -0.3 is 15.3 Å². The molecule has 5 nitrogen and oxygen atoms in total. The second-order valence-corrected chi connectivity index (χ2v) is 6.33. The van der Waals surface area contributed by atoms with Crippen LogP contribution in [0.4, 0.5) is 5.82 Å². The highest BCUT2D eigenvalue weighted by Crippen LogP contribution is 2.30. The summed E-state index contributed by atoms with van der Waals surface area (Å²) in [6, 6.07) is 0. The number of rotatable bonds is 5. The fourth-order valence-electron chi connectivity index (χ4n) is 2.86. The maximum atomic E-state index is 9.76. The van der Waals surface area contributed by atoms with E-state index in [1.54, 1.807) is 11.3 Å². The summed E-state index contributed by atoms with van der Waals surface area (Å²) >= 11 is 1.67. The van der Waals surface area contributed by atoms with Crippen molar-refractivity contribution < 1.29 is 5.11 Å². The zero-order valence-corrected chi connectivity index (χ0v) is 12.9. The van der Waals surface area contributed by atoms with Gasteiger partial charge in [0.2, 0.25) is 0 Å². The van der Waals surface area contributed by atoms with Crippen molar-refractivity contribution in [3.63, 3.8) is 0 Å². The number of nitrogens with one attached hydrogen (secondary N) is 1. The average molecular weight is 294 g/mol. The number of aliphatic hydroxyl groups excluding tert-OH is 1. The van der Waals surface area contributed by atoms with Gasteiger partial charge in [0.15, 0.2) is 10.8 Å². The van der Waals surface area contributed by atoms with E-state index < -0.39 is 0 Å². The molecule has 1 aliphatic heterocycles. The summed E-state index contributed by atoms with van der Waals surface area (Å²) in [4.78, 5) is 8.16. The van der Waals surface area contributed by atoms with Crippen LogP contribution < -0.4 is 10.2 Å². The molecule has 0 bridgehead atoms. The van der Waals surface area contributed by atoms with Crippen LogP contribution in [0.15, 0.2) is 11.6 Å². The van der Waals surface area contributed by atoms with E-state index in [1.165, 1.54) is 5.69 Å². The third kappa shape index (κ3) is 2.43. The lowest BCUT2D eigenvalue weighted by Gasteiger charge is -2.19. The third-order valence-electron chi connectivity index (χ3n) is 4.09. The molecule has 0 saturated carbocycles. The van der Waals surface area contributed by atoms with E-state index in [0.717, 1.165) is 43.4 Å². The van der Waals surface area contributed by atoms with E-state index in [1.807, 2.05) is 6.92 Å². The molecule has 2 aromatic heterocycles. The van der Waals surface area contributed by atoms with E-state index in [4.69, 9.17) is 4.98 Å². The number of hydrogen-bond donors (Lipinski definition) is 2. The Bertz CT molecular complexity index is 577. The van der Waals surface area contributed by atoms with Crippen LogP contribution in [0.25, 0.3) is 4.96 Å². The Hall–Kier alpha value is -1.11. The van der Waals surface area contributed by atoms with E-state index in [-0.39, 0.29) is 6.10 Å². The summed E-state index contributed by atoms with van der Waals surface area (Å²) in [6.45, 7) is 7.68. The first kappa shape index (κ1) is 13.9. The van der Waals surface area contributed by atoms with Crippen LogP contribution in [0.2, 0.25) is 0 Å². The lowest BCUT2D eigenvalue weighted by Crippen LogP contribution is -2.26. The van der Waals surface area contributed by atoms with Crippen LogP contribution in [-0.2, 0) is 6.54 Å². The number of fused-ring (bicyclic) bond motifs is 1. The number of hydrogen-bond acceptors (Lipinski definition) is 5. The third-order valence-corrected chi connectivity index (χ3v) is 4.85. The molecule has 2 unspecified atom stereocenters. The molecule has 3 rings (SSSR count). The summed E-state index contributed by atoms with van der Waals surface area (Å²) < 4.78 is 2.18. The number of anilines is 1. The van der Waals surface area contributed by atoms with Crippen molar-refractivity contribution in [2.75, 3.05) is 24.5 Å². The van der Waals surface area contributed by atoms with Crippen LogP contribution >= 0.6 is 11.3 Å². The second kappa shape index (κ2) is 5.71. The first-order valence-corrected chi connectivity index (χ1v) is 8.16. The van der Waals surface area contributed by atoms with Gasteiger partial charge in [0, 0.05) is 37.1 Å². The molecule has 20 heavy (non-hydrogen) atoms. The van der Waals surface area contributed by atoms with Crippen LogP contribution in [0.3, 0.4) is 0 Å². The topological polar surface area (TPSA) is 52.8 Å². The number of thiazole rings is 1. The van der Waals surface area contributed by atoms with E-state index in [9.17, 15) is 5.11 Å². The van der Waals surface area contributed by atoms with E-state index >= 15 is 0 Å². The Morgan fingerprint density at radius 3 is 3.15 bits per heavy atom. The van der Waals surface area contributed by atoms with Crippen LogP contribution in [0.5, 0.6) is 0 Å². The van der Waals surface area contributed by atoms with Gasteiger partial charge in [0.25, 0.3) is 0 Å². The standard InChI is InChI=1S/C14H22N4OS/c1-3-15-8-12-13(16-14-18(12)6-7-20-14)17-5-4-11(9-17)10(2)19/h6-7,10-11,15,19H,3-5,8-9H2,1-2H3. The maximum absolute atomic E-state index is 9.76. The van der Waals surface area contributed by atoms with Crippen molar-refractivity contribution in [1.82, 2.24) is 14.7 Å². The van der Waals surface area contributed by atoms with Crippen molar-refractivity contribution in [2.24, 2.45) is 5.92 Å². The fraction of sp³-hybridized carbons (Fsp3) is 0.643. The van der Waals surface area contributed by atoms with Crippen LogP contribution in [0.1, 0.15) is 26.0 Å². The minimum absolute atomic E-state index is 0.235. The predicted molar refractivity (Wildman–Crippen MR) is 82.5 cm³/mol. The molecule has 2 N–H and O–H groups in total. The number of nitrogens with zero attached hydrogens (tertiary/aromatic N) is 3. The molecule has 1 fully saturated rings. The zero-order valence-electron chi connectivity index (χ0n) is 12.0. The normalized spacial score (nSPS) is 20.9. The monoisotopic (exact) mass is 294 g/mol. The highest BCUT2D eigenvalue weighted by molar-refractivity contribution is 7.15. The highest BCUT2D eigenvalue weighted by atomic mass is 32.1. The van der Waals surface area contributed by atoms with Crippen molar-refractivity contribution in [1.29, 1.82) is 0 Å². The molecule has 3 heterocycles. The van der Waals surface area contributed by atoms with Crippen molar-refractivity contribution in [3.05, 3.63) is 17.3 Å². The average Bonchev–Trinajstić information content (AvgIpc) is 3.11. The molecular formula is C14H22N4OS. The predicted octanol–water partition coefficient (Wildman–Crippen LogP) is 1.71. The molecule has 110 valence electrons. The first-order valence-electron chi connectivity index (χ1n) is 7.28. The van der Waals surface area contributed by atoms with Crippen LogP contribution in [0, 0.1) is 5.92 Å². The minimum atomic E-state index is -0.235. The lowest BCUT2D eigenvalue weighted by atomic mass is 10.0. The molecule has 0 spiro atoms. The van der Waals surface area contributed by atoms with Gasteiger partial charge in [-0.25, -0.2) is 4.98 Å². The quantitative estimate of drug-likeness (QED) is 0.881. The Morgan fingerprint density at radius 1 is 1.60 bits per heavy atom. The molecule has 0 amide bonds. The number of aromatic nitrogens is 2. The molecule has 1 aliphatic rings. The van der Waals surface area contributed by atoms with Gasteiger partial charge in [-0.05, 0) is 19.9 Å². The summed E-state index contributed by atoms with van der Waals surface area (Å²) in [6.07, 6.45) is 2.90. The van der Waals surface area contributed by atoms with Gasteiger partial charge in [-0.15, -0.1) is 11.3 Å². The SMILES string of the molecule is CCNCc1c(N2CCC(C(C)O)C2)nc2sccn12. The van der Waals surface area contributed by atoms with Gasteiger partial charge in [-0.3, -0.25) is 4.40 Å². The molecule has 2 atom stereocenters. The second-order valence-electron chi connectivity index (χ2n) is 5.45. The van der Waals surface area contributed by atoms with E-state index in [2.05, 4.69) is 33.1 Å². The van der Waals surface area contributed by atoms with Gasteiger partial charge >= 0.3 is 0 Å². The molecule has 0 aliphatic carbocycles. The molecule has 0 radical (unpaired) electrons. The Morgan fingerprint density at radius 2 is 2.45 bits per heavy atom. The Labute approximate surface area is 123 Å².